The Morgan fingerprint density at radius 2 is 1.53 bits per heavy atom. The number of terminal acetylenes is 2. The van der Waals surface area contributed by atoms with Gasteiger partial charge in [0.05, 0.1) is 79.1 Å². The normalized spacial score (nSPS) is 17.2. The van der Waals surface area contributed by atoms with E-state index in [4.69, 9.17) is 47.7 Å². The summed E-state index contributed by atoms with van der Waals surface area (Å²) >= 11 is 0. The second-order valence-corrected chi connectivity index (χ2v) is 29.9. The van der Waals surface area contributed by atoms with Gasteiger partial charge in [-0.2, -0.15) is 14.6 Å². The van der Waals surface area contributed by atoms with Gasteiger partial charge in [0.25, 0.3) is 11.5 Å². The van der Waals surface area contributed by atoms with Crippen LogP contribution in [0.1, 0.15) is 81.2 Å². The molecule has 11 aromatic rings. The molecule has 4 atom stereocenters. The zero-order valence-corrected chi connectivity index (χ0v) is 75.1. The van der Waals surface area contributed by atoms with E-state index in [0.717, 1.165) is 78.0 Å². The number of phosphoric ester groups is 1. The average Bonchev–Trinajstić information content (AvgIpc) is 1.53. The number of nitrogen functional groups attached to an aromatic ring is 2. The number of ether oxygens (including phenoxy) is 4. The molecular weight excluding hydrogens is 1610 g/mol. The molecule has 39 heteroatoms. The number of aliphatic imine (C=N–C) groups is 1. The third kappa shape index (κ3) is 21.9. The molecule has 122 heavy (non-hydrogen) atoms. The third-order valence-electron chi connectivity index (χ3n) is 20.6. The summed E-state index contributed by atoms with van der Waals surface area (Å²) in [5.74, 6) is 16.0. The van der Waals surface area contributed by atoms with Crippen LogP contribution in [0.4, 0.5) is 22.2 Å². The minimum Gasteiger partial charge on any atom is -0.790 e. The number of carbonyl (C=O) groups excluding carboxylic acids is 2. The number of urea groups is 1. The number of piperazine rings is 1. The van der Waals surface area contributed by atoms with Crippen LogP contribution >= 0.6 is 7.82 Å². The number of furan rings is 1. The fourth-order valence-corrected chi connectivity index (χ4v) is 14.9. The Balaban J connectivity index is 0.000000172. The molecule has 0 radical (unpaired) electrons. The first-order valence-electron chi connectivity index (χ1n) is 38.9. The molecule has 11 heterocycles. The summed E-state index contributed by atoms with van der Waals surface area (Å²) in [6.45, 7) is 14.9. The van der Waals surface area contributed by atoms with E-state index in [1.165, 1.54) is 19.7 Å². The summed E-state index contributed by atoms with van der Waals surface area (Å²) in [5.41, 5.74) is 16.7. The fourth-order valence-electron chi connectivity index (χ4n) is 14.5. The molecule has 1 saturated carbocycles. The number of anilines is 3. The summed E-state index contributed by atoms with van der Waals surface area (Å²) in [7, 11) is 3.21. The number of benzene rings is 3. The number of likely N-dealkylation sites (N-methyl/N-ethyl adjacent to an activating group) is 3. The Morgan fingerprint density at radius 1 is 0.787 bits per heavy atom. The second-order valence-electron chi connectivity index (χ2n) is 28.7. The second kappa shape index (κ2) is 42.2. The standard InChI is InChI=1S/C25H29N9O3.C21H23N4O6P.C20H26N4O4.C17H19N5O.2Na/c1-35-15-16-36-19-6-4-18(5-7-19)32-11-8-31(9-12-32)10-13-33-23-20(17-27-33)24-28-22(21-3-2-14-37-21)30-34(24)25(26)29-23;1-4-11-25-20(26)18-19(24(21(25)27)12-6-13-31-32(28,29)30)22-17(23(18)3)10-9-16-8-5-7-15(2)14-16;1-6-23-18-17(19(25)24(7-2)20(23)26)22(3)16(21-18)11-9-13-8-10-14(27-4)15(12-13)28-5;1-3-9-22-11-19-14-15(18)20-13(21-16(14)22)6-8-17(23)7-4-5-12(2)10-17;;/h2-7,14,17H,8-13,15-16H2,1H3,(H2,26,29);1,5,7-10,14H,6,11-13H2,2-3H3,(H2,28,29,30);8-12,17-18H,6-7H2,1-5H3;1,11-12,23H,4-5,7,9-10H2,2H3,(H2,18,20,21);;/q;;;;2*+1/p-2/b;10-9+;11-9+;;;/t;;;12-,17-;;/m...1../s1. The van der Waals surface area contributed by atoms with Crippen molar-refractivity contribution in [1.82, 2.24) is 87.2 Å². The van der Waals surface area contributed by atoms with E-state index in [9.17, 15) is 38.6 Å². The molecule has 1 aliphatic carbocycles. The smallest absolute Gasteiger partial charge is 0.790 e. The number of aliphatic hydroxyl groups is 1. The number of nitrogens with two attached hydrogens (primary N) is 2. The number of fused-ring (bicyclic) bond motifs is 6. The topological polar surface area (TPSA) is 424 Å². The summed E-state index contributed by atoms with van der Waals surface area (Å²) < 4.78 is 50.4. The number of imidazole rings is 2. The van der Waals surface area contributed by atoms with E-state index in [0.29, 0.717) is 115 Å². The Hall–Kier alpha value is -11.0. The summed E-state index contributed by atoms with van der Waals surface area (Å²) in [6.07, 6.45) is 25.9. The predicted molar refractivity (Wildman–Crippen MR) is 450 cm³/mol. The number of amidine groups is 1. The van der Waals surface area contributed by atoms with Crippen molar-refractivity contribution in [2.24, 2.45) is 18.0 Å². The number of hydrogen-bond donors (Lipinski definition) is 3. The summed E-state index contributed by atoms with van der Waals surface area (Å²) in [5, 5.41) is 20.4. The van der Waals surface area contributed by atoms with E-state index in [1.54, 1.807) is 80.3 Å². The molecular formula is C83H95N22Na2O14P. The minimum absolute atomic E-state index is 0. The van der Waals surface area contributed by atoms with Crippen molar-refractivity contribution in [1.29, 1.82) is 0 Å². The van der Waals surface area contributed by atoms with Gasteiger partial charge in [-0.05, 0) is 130 Å². The Labute approximate surface area is 748 Å². The number of rotatable bonds is 24. The molecule has 2 saturated heterocycles. The van der Waals surface area contributed by atoms with E-state index in [2.05, 4.69) is 102 Å². The van der Waals surface area contributed by atoms with Crippen molar-refractivity contribution >= 4 is 100 Å². The predicted octanol–water partition coefficient (Wildman–Crippen LogP) is -0.190. The molecule has 36 nitrogen and oxygen atoms in total. The molecule has 15 rings (SSSR count). The van der Waals surface area contributed by atoms with Crippen LogP contribution in [-0.4, -0.2) is 222 Å². The zero-order valence-electron chi connectivity index (χ0n) is 70.2. The molecule has 0 bridgehead atoms. The maximum Gasteiger partial charge on any atom is 1.00 e. The Morgan fingerprint density at radius 3 is 2.21 bits per heavy atom. The Bertz CT molecular complexity index is 5960. The largest absolute Gasteiger partial charge is 1.00 e. The van der Waals surface area contributed by atoms with Crippen molar-refractivity contribution < 1.29 is 116 Å². The number of aryl methyl sites for hydroxylation is 3. The number of imide groups is 1. The van der Waals surface area contributed by atoms with Crippen molar-refractivity contribution in [3.05, 3.63) is 153 Å². The quantitative estimate of drug-likeness (QED) is 0.0305. The van der Waals surface area contributed by atoms with Crippen molar-refractivity contribution in [2.45, 2.75) is 104 Å². The first-order valence-corrected chi connectivity index (χ1v) is 40.4. The number of methoxy groups -OCH3 is 3. The first-order chi connectivity index (χ1) is 57.8. The van der Waals surface area contributed by atoms with Gasteiger partial charge in [0.2, 0.25) is 17.6 Å². The molecule has 8 aromatic heterocycles. The van der Waals surface area contributed by atoms with Crippen LogP contribution in [0.2, 0.25) is 0 Å². The van der Waals surface area contributed by atoms with Crippen LogP contribution in [-0.2, 0) is 51.8 Å². The molecule has 3 aliphatic heterocycles. The van der Waals surface area contributed by atoms with Gasteiger partial charge in [0, 0.05) is 79.3 Å². The molecule has 5 N–H and O–H groups in total. The van der Waals surface area contributed by atoms with E-state index in [1.807, 2.05) is 109 Å². The van der Waals surface area contributed by atoms with Crippen LogP contribution < -0.4 is 111 Å². The number of hydrogen-bond acceptors (Lipinski definition) is 28. The fraction of sp³-hybridized carbons (Fsp3) is 0.386. The minimum atomic E-state index is -5.12. The maximum absolute atomic E-state index is 12.9. The van der Waals surface area contributed by atoms with Crippen molar-refractivity contribution in [3.8, 4) is 65.4 Å². The molecule has 4 aliphatic rings. The van der Waals surface area contributed by atoms with Gasteiger partial charge >= 0.3 is 70.8 Å². The number of amides is 3. The van der Waals surface area contributed by atoms with Crippen LogP contribution in [0, 0.1) is 49.4 Å². The summed E-state index contributed by atoms with van der Waals surface area (Å²) in [4.78, 5) is 113. The van der Waals surface area contributed by atoms with Crippen LogP contribution in [0.5, 0.6) is 17.2 Å². The van der Waals surface area contributed by atoms with E-state index in [-0.39, 0.29) is 119 Å². The van der Waals surface area contributed by atoms with Crippen LogP contribution in [0.25, 0.3) is 68.8 Å². The number of carbonyl (C=O) groups is 2. The molecule has 0 spiro atoms. The van der Waals surface area contributed by atoms with Gasteiger partial charge in [-0.15, -0.1) is 17.9 Å². The van der Waals surface area contributed by atoms with Gasteiger partial charge < -0.3 is 77.7 Å². The van der Waals surface area contributed by atoms with Crippen LogP contribution in [0.15, 0.2) is 123 Å². The molecule has 2 unspecified atom stereocenters. The average molecular weight is 1700 g/mol. The zero-order chi connectivity index (χ0) is 85.5. The number of nitrogens with zero attached hydrogens (tertiary/aromatic N) is 20. The number of aromatic nitrogens is 14. The van der Waals surface area contributed by atoms with E-state index < -0.39 is 43.5 Å². The van der Waals surface area contributed by atoms with Gasteiger partial charge in [0.15, 0.2) is 63.4 Å². The van der Waals surface area contributed by atoms with Gasteiger partial charge in [-0.1, -0.05) is 79.2 Å². The van der Waals surface area contributed by atoms with Gasteiger partial charge in [0.1, 0.15) is 35.1 Å². The SMILES string of the molecule is C#CCn1c(=O)c2c(nc(/C=C/c3cccc(C)c3)n2C)n(CCCOP(=O)([O-])[O-])c1=O.C#CCn1cnc2c(N)nc(C#C[C@]3(O)CCC[C@@H](C)C3)nc21.CCN1C(=O)C2C(N=C(/C=C/c3ccc(OC)c(OC)c3)N2C)N(CC)C1=O.COCCOc1ccc(N2CCN(CCn3ncc4c3nc(N)n3nc(-c5ccco5)nc43)CC2)cc1.[Na+].[Na+]. The monoisotopic (exact) mass is 1700 g/mol. The molecule has 3 amide bonds. The van der Waals surface area contributed by atoms with E-state index >= 15 is 0 Å². The van der Waals surface area contributed by atoms with Crippen molar-refractivity contribution in [2.75, 3.05) is 110 Å². The summed E-state index contributed by atoms with van der Waals surface area (Å²) in [6, 6.07) is 24.5. The maximum atomic E-state index is 12.9. The Kier molecular flexibility index (Phi) is 32.3. The molecule has 3 fully saturated rings. The molecule has 3 aromatic carbocycles. The molecule has 628 valence electrons. The van der Waals surface area contributed by atoms with Gasteiger partial charge in [-0.25, -0.2) is 48.8 Å². The van der Waals surface area contributed by atoms with Gasteiger partial charge in [-0.3, -0.25) is 28.9 Å². The number of phosphoric acid groups is 1. The first kappa shape index (κ1) is 93.3. The third-order valence-corrected chi connectivity index (χ3v) is 21.1. The van der Waals surface area contributed by atoms with Crippen molar-refractivity contribution in [3.63, 3.8) is 0 Å². The van der Waals surface area contributed by atoms with Crippen LogP contribution in [0.3, 0.4) is 0 Å².